The zero-order chi connectivity index (χ0) is 13.7. The molecule has 1 aromatic rings. The molecule has 1 aromatic carbocycles. The number of ether oxygens (including phenoxy) is 2. The van der Waals surface area contributed by atoms with Gasteiger partial charge in [0.05, 0.1) is 13.0 Å². The van der Waals surface area contributed by atoms with Gasteiger partial charge in [0, 0.05) is 5.56 Å². The topological polar surface area (TPSA) is 98.9 Å². The van der Waals surface area contributed by atoms with E-state index in [1.165, 1.54) is 32.2 Å². The van der Waals surface area contributed by atoms with E-state index in [2.05, 4.69) is 0 Å². The molecule has 18 heavy (non-hydrogen) atoms. The van der Waals surface area contributed by atoms with Crippen LogP contribution in [0.2, 0.25) is 0 Å². The lowest BCUT2D eigenvalue weighted by molar-refractivity contribution is -0.142. The first-order valence-electron chi connectivity index (χ1n) is 5.29. The van der Waals surface area contributed by atoms with Crippen LogP contribution in [0.15, 0.2) is 18.2 Å². The van der Waals surface area contributed by atoms with Gasteiger partial charge in [-0.3, -0.25) is 9.59 Å². The highest BCUT2D eigenvalue weighted by Gasteiger charge is 2.14. The largest absolute Gasteiger partial charge is 0.493 e. The molecule has 0 saturated heterocycles. The fourth-order valence-corrected chi connectivity index (χ4v) is 1.23. The minimum atomic E-state index is -0.942. The molecule has 6 nitrogen and oxygen atoms in total. The van der Waals surface area contributed by atoms with Crippen LogP contribution in [-0.4, -0.2) is 30.7 Å². The Labute approximate surface area is 104 Å². The maximum atomic E-state index is 11.0. The molecule has 98 valence electrons. The highest BCUT2D eigenvalue weighted by atomic mass is 16.5. The maximum absolute atomic E-state index is 11.0. The molecule has 0 saturated carbocycles. The summed E-state index contributed by atoms with van der Waals surface area (Å²) in [6.07, 6.45) is 0. The van der Waals surface area contributed by atoms with Crippen LogP contribution < -0.4 is 15.2 Å². The molecule has 3 N–H and O–H groups in total. The summed E-state index contributed by atoms with van der Waals surface area (Å²) in [5.74, 6) is -1.44. The fraction of sp³-hybridized carbons (Fsp3) is 0.333. The fourth-order valence-electron chi connectivity index (χ4n) is 1.23. The average Bonchev–Trinajstić information content (AvgIpc) is 2.35. The van der Waals surface area contributed by atoms with Crippen molar-refractivity contribution in [2.24, 2.45) is 11.7 Å². The Kier molecular flexibility index (Phi) is 4.53. The molecule has 6 heteroatoms. The Morgan fingerprint density at radius 2 is 2.06 bits per heavy atom. The quantitative estimate of drug-likeness (QED) is 0.784. The minimum absolute atomic E-state index is 0.0155. The van der Waals surface area contributed by atoms with Crippen LogP contribution in [0.25, 0.3) is 0 Å². The summed E-state index contributed by atoms with van der Waals surface area (Å²) < 4.78 is 10.4. The summed E-state index contributed by atoms with van der Waals surface area (Å²) in [5, 5.41) is 8.73. The molecule has 0 radical (unpaired) electrons. The normalized spacial score (nSPS) is 11.7. The van der Waals surface area contributed by atoms with Gasteiger partial charge in [-0.2, -0.15) is 0 Å². The van der Waals surface area contributed by atoms with E-state index in [4.69, 9.17) is 20.3 Å². The van der Waals surface area contributed by atoms with Gasteiger partial charge in [0.15, 0.2) is 11.5 Å². The van der Waals surface area contributed by atoms with Gasteiger partial charge in [-0.1, -0.05) is 0 Å². The smallest absolute Gasteiger partial charge is 0.309 e. The van der Waals surface area contributed by atoms with E-state index in [0.717, 1.165) is 0 Å². The van der Waals surface area contributed by atoms with Crippen molar-refractivity contribution in [1.82, 2.24) is 0 Å². The molecule has 1 rings (SSSR count). The third-order valence-corrected chi connectivity index (χ3v) is 2.36. The Morgan fingerprint density at radius 3 is 2.56 bits per heavy atom. The Morgan fingerprint density at radius 1 is 1.39 bits per heavy atom. The van der Waals surface area contributed by atoms with Gasteiger partial charge in [0.25, 0.3) is 0 Å². The summed E-state index contributed by atoms with van der Waals surface area (Å²) in [7, 11) is 1.42. The second kappa shape index (κ2) is 5.90. The van der Waals surface area contributed by atoms with E-state index < -0.39 is 17.8 Å². The van der Waals surface area contributed by atoms with E-state index >= 15 is 0 Å². The van der Waals surface area contributed by atoms with Gasteiger partial charge in [0.1, 0.15) is 6.61 Å². The highest BCUT2D eigenvalue weighted by Crippen LogP contribution is 2.28. The molecular formula is C12H15NO5. The van der Waals surface area contributed by atoms with Crippen molar-refractivity contribution >= 4 is 11.9 Å². The van der Waals surface area contributed by atoms with E-state index in [1.807, 2.05) is 0 Å². The van der Waals surface area contributed by atoms with Crippen LogP contribution in [0.1, 0.15) is 17.3 Å². The van der Waals surface area contributed by atoms with Crippen LogP contribution in [-0.2, 0) is 4.79 Å². The molecule has 0 aliphatic heterocycles. The zero-order valence-corrected chi connectivity index (χ0v) is 10.2. The number of aliphatic carboxylic acids is 1. The number of methoxy groups -OCH3 is 1. The first-order valence-corrected chi connectivity index (χ1v) is 5.29. The number of carbonyl (C=O) groups is 2. The lowest BCUT2D eigenvalue weighted by atomic mass is 10.2. The van der Waals surface area contributed by atoms with Gasteiger partial charge < -0.3 is 20.3 Å². The zero-order valence-electron chi connectivity index (χ0n) is 10.2. The van der Waals surface area contributed by atoms with Crippen molar-refractivity contribution in [2.75, 3.05) is 13.7 Å². The average molecular weight is 253 g/mol. The van der Waals surface area contributed by atoms with Crippen molar-refractivity contribution in [3.63, 3.8) is 0 Å². The Balaban J connectivity index is 2.83. The van der Waals surface area contributed by atoms with Crippen molar-refractivity contribution in [2.45, 2.75) is 6.92 Å². The standard InChI is InChI=1S/C12H15NO5/c1-7(12(15)16)6-18-9-4-3-8(11(13)14)5-10(9)17-2/h3-5,7H,6H2,1-2H3,(H2,13,14)(H,15,16). The van der Waals surface area contributed by atoms with E-state index in [9.17, 15) is 9.59 Å². The summed E-state index contributed by atoms with van der Waals surface area (Å²) >= 11 is 0. The van der Waals surface area contributed by atoms with Gasteiger partial charge in [-0.15, -0.1) is 0 Å². The number of carbonyl (C=O) groups excluding carboxylic acids is 1. The van der Waals surface area contributed by atoms with Crippen LogP contribution >= 0.6 is 0 Å². The second-order valence-corrected chi connectivity index (χ2v) is 3.78. The van der Waals surface area contributed by atoms with Crippen molar-refractivity contribution < 1.29 is 24.2 Å². The van der Waals surface area contributed by atoms with E-state index in [-0.39, 0.29) is 6.61 Å². The van der Waals surface area contributed by atoms with Crippen LogP contribution in [0, 0.1) is 5.92 Å². The molecule has 0 spiro atoms. The summed E-state index contributed by atoms with van der Waals surface area (Å²) in [4.78, 5) is 21.6. The molecule has 0 bridgehead atoms. The number of benzene rings is 1. The second-order valence-electron chi connectivity index (χ2n) is 3.78. The third-order valence-electron chi connectivity index (χ3n) is 2.36. The van der Waals surface area contributed by atoms with Crippen LogP contribution in [0.5, 0.6) is 11.5 Å². The molecule has 0 aliphatic carbocycles. The number of rotatable bonds is 6. The number of carboxylic acids is 1. The molecule has 1 atom stereocenters. The number of nitrogens with two attached hydrogens (primary N) is 1. The molecule has 0 aliphatic rings. The van der Waals surface area contributed by atoms with Crippen LogP contribution in [0.4, 0.5) is 0 Å². The predicted octanol–water partition coefficient (Wildman–Crippen LogP) is 0.894. The molecule has 0 fully saturated rings. The molecule has 1 amide bonds. The minimum Gasteiger partial charge on any atom is -0.493 e. The number of hydrogen-bond donors (Lipinski definition) is 2. The number of amides is 1. The first kappa shape index (κ1) is 13.8. The van der Waals surface area contributed by atoms with Crippen LogP contribution in [0.3, 0.4) is 0 Å². The lowest BCUT2D eigenvalue weighted by Crippen LogP contribution is -2.18. The first-order chi connectivity index (χ1) is 8.45. The SMILES string of the molecule is COc1cc(C(N)=O)ccc1OCC(C)C(=O)O. The predicted molar refractivity (Wildman–Crippen MR) is 63.8 cm³/mol. The molecular weight excluding hydrogens is 238 g/mol. The van der Waals surface area contributed by atoms with Gasteiger partial charge in [0.2, 0.25) is 5.91 Å². The van der Waals surface area contributed by atoms with Gasteiger partial charge in [-0.25, -0.2) is 0 Å². The van der Waals surface area contributed by atoms with Gasteiger partial charge in [-0.05, 0) is 25.1 Å². The summed E-state index contributed by atoms with van der Waals surface area (Å²) in [6.45, 7) is 1.55. The molecule has 0 aromatic heterocycles. The lowest BCUT2D eigenvalue weighted by Gasteiger charge is -2.13. The number of primary amides is 1. The number of carboxylic acid groups (broad SMARTS) is 1. The third kappa shape index (κ3) is 3.38. The van der Waals surface area contributed by atoms with Gasteiger partial charge >= 0.3 is 5.97 Å². The Hall–Kier alpha value is -2.24. The Bertz CT molecular complexity index is 458. The van der Waals surface area contributed by atoms with E-state index in [1.54, 1.807) is 0 Å². The summed E-state index contributed by atoms with van der Waals surface area (Å²) in [6, 6.07) is 4.46. The molecule has 1 unspecified atom stereocenters. The summed E-state index contributed by atoms with van der Waals surface area (Å²) in [5.41, 5.74) is 5.43. The van der Waals surface area contributed by atoms with Crippen molar-refractivity contribution in [3.8, 4) is 11.5 Å². The van der Waals surface area contributed by atoms with Crippen molar-refractivity contribution in [3.05, 3.63) is 23.8 Å². The molecule has 0 heterocycles. The highest BCUT2D eigenvalue weighted by molar-refractivity contribution is 5.93. The monoisotopic (exact) mass is 253 g/mol. The number of hydrogen-bond acceptors (Lipinski definition) is 4. The van der Waals surface area contributed by atoms with Crippen molar-refractivity contribution in [1.29, 1.82) is 0 Å². The maximum Gasteiger partial charge on any atom is 0.309 e. The van der Waals surface area contributed by atoms with E-state index in [0.29, 0.717) is 17.1 Å².